The van der Waals surface area contributed by atoms with Crippen LogP contribution in [0.1, 0.15) is 22.3 Å². The number of halogens is 2. The van der Waals surface area contributed by atoms with E-state index in [1.54, 1.807) is 8.92 Å². The predicted molar refractivity (Wildman–Crippen MR) is 307 cm³/mol. The van der Waals surface area contributed by atoms with Gasteiger partial charge in [-0.15, -0.1) is 0 Å². The first-order chi connectivity index (χ1) is 33.5. The van der Waals surface area contributed by atoms with Gasteiger partial charge in [0.05, 0.1) is 0 Å². The molecule has 328 valence electrons. The molecule has 0 saturated heterocycles. The Morgan fingerprint density at radius 1 is 0.265 bits per heavy atom. The average Bonchev–Trinajstić information content (AvgIpc) is 3.40. The molecule has 0 aromatic heterocycles. The van der Waals surface area contributed by atoms with Gasteiger partial charge in [0, 0.05) is 24.9 Å². The summed E-state index contributed by atoms with van der Waals surface area (Å²) in [5, 5.41) is 0. The van der Waals surface area contributed by atoms with E-state index in [0.29, 0.717) is 29.9 Å². The molecule has 6 heteroatoms. The standard InChI is InChI=1S/C37H26N2Se.C13H10Se.C12H8I2/c1-3-11-32-28(9-1)25-29-10-2-4-12-33(29)38(32)30-21-17-26(18-22-30)27-19-23-31(24-20-27)39-34-13-5-7-15-36(34)40-37-16-8-6-14-35(37)39;1-3-7-12-10(5-1)9-11-6-2-4-8-13(11)14-12;13-11-5-1-9(2-6-11)10-3-7-12(14)8-4-10/h1-24H,25H2;1-8H,9H2;1-8H. The molecule has 3 heterocycles. The van der Waals surface area contributed by atoms with Crippen LogP contribution in [-0.4, -0.2) is 29.9 Å². The fourth-order valence-corrected chi connectivity index (χ4v) is 14.3. The Hall–Kier alpha value is -5.70. The summed E-state index contributed by atoms with van der Waals surface area (Å²) in [5.41, 5.74) is 18.3. The first kappa shape index (κ1) is 44.8. The van der Waals surface area contributed by atoms with Crippen molar-refractivity contribution < 1.29 is 0 Å². The summed E-state index contributed by atoms with van der Waals surface area (Å²) in [5.74, 6) is 0. The van der Waals surface area contributed by atoms with Crippen LogP contribution in [0.15, 0.2) is 243 Å². The number of benzene rings is 10. The monoisotopic (exact) mass is 1230 g/mol. The molecule has 0 spiro atoms. The zero-order valence-electron chi connectivity index (χ0n) is 37.0. The van der Waals surface area contributed by atoms with Gasteiger partial charge in [-0.3, -0.25) is 0 Å². The van der Waals surface area contributed by atoms with Crippen molar-refractivity contribution in [2.45, 2.75) is 12.8 Å². The van der Waals surface area contributed by atoms with Gasteiger partial charge >= 0.3 is 255 Å². The molecule has 0 bridgehead atoms. The van der Waals surface area contributed by atoms with Crippen molar-refractivity contribution in [1.82, 2.24) is 0 Å². The molecule has 13 rings (SSSR count). The summed E-state index contributed by atoms with van der Waals surface area (Å²) in [6.07, 6.45) is 2.09. The summed E-state index contributed by atoms with van der Waals surface area (Å²) < 4.78 is 8.51. The van der Waals surface area contributed by atoms with Crippen molar-refractivity contribution in [3.8, 4) is 22.3 Å². The molecule has 0 saturated carbocycles. The van der Waals surface area contributed by atoms with E-state index in [2.05, 4.69) is 298 Å². The molecule has 0 amide bonds. The Morgan fingerprint density at radius 3 is 0.956 bits per heavy atom. The number of nitrogens with zero attached hydrogens (tertiary/aromatic N) is 2. The van der Waals surface area contributed by atoms with Crippen LogP contribution >= 0.6 is 45.2 Å². The molecular weight excluding hydrogens is 1180 g/mol. The van der Waals surface area contributed by atoms with Gasteiger partial charge < -0.3 is 0 Å². The fraction of sp³-hybridized carbons (Fsp3) is 0.0323. The Bertz CT molecular complexity index is 3010. The molecule has 0 atom stereocenters. The minimum atomic E-state index is 0.320. The van der Waals surface area contributed by atoms with Crippen LogP contribution in [0, 0.1) is 7.14 Å². The summed E-state index contributed by atoms with van der Waals surface area (Å²) in [4.78, 5) is 4.81. The maximum absolute atomic E-state index is 2.41. The zero-order valence-corrected chi connectivity index (χ0v) is 44.7. The van der Waals surface area contributed by atoms with E-state index in [4.69, 9.17) is 0 Å². The molecule has 10 aromatic rings. The topological polar surface area (TPSA) is 6.48 Å². The van der Waals surface area contributed by atoms with Gasteiger partial charge in [-0.2, -0.15) is 0 Å². The van der Waals surface area contributed by atoms with Gasteiger partial charge in [0.15, 0.2) is 0 Å². The summed E-state index contributed by atoms with van der Waals surface area (Å²) >= 11 is 5.48. The van der Waals surface area contributed by atoms with Crippen LogP contribution < -0.4 is 27.6 Å². The van der Waals surface area contributed by atoms with E-state index in [1.165, 1.54) is 94.7 Å². The van der Waals surface area contributed by atoms with Crippen LogP contribution in [-0.2, 0) is 12.8 Å². The first-order valence-corrected chi connectivity index (χ1v) is 28.3. The second-order valence-electron chi connectivity index (χ2n) is 16.7. The number of anilines is 6. The van der Waals surface area contributed by atoms with E-state index < -0.39 is 0 Å². The van der Waals surface area contributed by atoms with Crippen molar-refractivity contribution in [3.05, 3.63) is 272 Å². The molecule has 3 aliphatic rings. The Labute approximate surface area is 439 Å². The van der Waals surface area contributed by atoms with Crippen LogP contribution in [0.3, 0.4) is 0 Å². The quantitative estimate of drug-likeness (QED) is 0.128. The number of hydrogen-bond acceptors (Lipinski definition) is 2. The Balaban J connectivity index is 0.000000146. The summed E-state index contributed by atoms with van der Waals surface area (Å²) in [6, 6.07) is 87.9. The number of rotatable bonds is 4. The molecular formula is C62H44I2N2Se2. The van der Waals surface area contributed by atoms with Crippen LogP contribution in [0.4, 0.5) is 34.1 Å². The normalized spacial score (nSPS) is 12.6. The third-order valence-electron chi connectivity index (χ3n) is 12.4. The van der Waals surface area contributed by atoms with Gasteiger partial charge in [0.2, 0.25) is 0 Å². The second kappa shape index (κ2) is 20.5. The average molecular weight is 1230 g/mol. The molecule has 0 fully saturated rings. The van der Waals surface area contributed by atoms with Crippen molar-refractivity contribution >= 4 is 127 Å². The maximum atomic E-state index is 2.41. The van der Waals surface area contributed by atoms with Gasteiger partial charge in [-0.1, -0.05) is 60.7 Å². The van der Waals surface area contributed by atoms with Crippen LogP contribution in [0.5, 0.6) is 0 Å². The Morgan fingerprint density at radius 2 is 0.544 bits per heavy atom. The third kappa shape index (κ3) is 9.64. The molecule has 0 aliphatic carbocycles. The fourth-order valence-electron chi connectivity index (χ4n) is 9.07. The molecule has 0 radical (unpaired) electrons. The SMILES string of the molecule is Ic1ccc(-c2ccc(I)cc2)cc1.c1ccc2c(c1)Cc1ccccc1N2c1ccc(-c2ccc(N3c4ccccc4[Se]c4ccccc43)cc2)cc1.c1ccc2c(c1)Cc1ccccc1[Se]2. The van der Waals surface area contributed by atoms with E-state index in [0.717, 1.165) is 12.8 Å². The predicted octanol–water partition coefficient (Wildman–Crippen LogP) is 14.0. The molecule has 68 heavy (non-hydrogen) atoms. The zero-order chi connectivity index (χ0) is 45.8. The molecule has 3 aliphatic heterocycles. The van der Waals surface area contributed by atoms with Crippen LogP contribution in [0.2, 0.25) is 0 Å². The minimum absolute atomic E-state index is 0.320. The van der Waals surface area contributed by atoms with Gasteiger partial charge in [0.1, 0.15) is 0 Å². The Kier molecular flexibility index (Phi) is 13.5. The van der Waals surface area contributed by atoms with Gasteiger partial charge in [0.25, 0.3) is 0 Å². The number of fused-ring (bicyclic) bond motifs is 6. The molecule has 0 unspecified atom stereocenters. The summed E-state index contributed by atoms with van der Waals surface area (Å²) in [7, 11) is 0. The van der Waals surface area contributed by atoms with E-state index in [-0.39, 0.29) is 0 Å². The number of para-hydroxylation sites is 4. The van der Waals surface area contributed by atoms with Crippen molar-refractivity contribution in [2.75, 3.05) is 9.80 Å². The first-order valence-electron chi connectivity index (χ1n) is 22.7. The molecule has 2 nitrogen and oxygen atoms in total. The summed E-state index contributed by atoms with van der Waals surface area (Å²) in [6.45, 7) is 0. The third-order valence-corrected chi connectivity index (χ3v) is 18.8. The van der Waals surface area contributed by atoms with Gasteiger partial charge in [-0.25, -0.2) is 0 Å². The van der Waals surface area contributed by atoms with Crippen molar-refractivity contribution in [3.63, 3.8) is 0 Å². The van der Waals surface area contributed by atoms with Crippen molar-refractivity contribution in [1.29, 1.82) is 0 Å². The van der Waals surface area contributed by atoms with E-state index in [1.807, 2.05) is 0 Å². The van der Waals surface area contributed by atoms with Crippen molar-refractivity contribution in [2.24, 2.45) is 0 Å². The van der Waals surface area contributed by atoms with E-state index in [9.17, 15) is 0 Å². The second-order valence-corrected chi connectivity index (χ2v) is 23.8. The van der Waals surface area contributed by atoms with E-state index >= 15 is 0 Å². The number of hydrogen-bond donors (Lipinski definition) is 0. The van der Waals surface area contributed by atoms with Gasteiger partial charge in [-0.05, 0) is 104 Å². The van der Waals surface area contributed by atoms with Crippen LogP contribution in [0.25, 0.3) is 22.3 Å². The molecule has 0 N–H and O–H groups in total. The molecule has 10 aromatic carbocycles.